The zero-order valence-corrected chi connectivity index (χ0v) is 22.3. The van der Waals surface area contributed by atoms with Crippen molar-refractivity contribution in [2.75, 3.05) is 40.1 Å². The molecule has 1 aliphatic heterocycles. The molecule has 2 aromatic rings. The van der Waals surface area contributed by atoms with Gasteiger partial charge in [-0.25, -0.2) is 13.1 Å². The smallest absolute Gasteiger partial charge is 0.243 e. The van der Waals surface area contributed by atoms with E-state index in [9.17, 15) is 13.2 Å². The minimum absolute atomic E-state index is 0.00882. The summed E-state index contributed by atoms with van der Waals surface area (Å²) in [7, 11) is 1.46. The number of rotatable bonds is 12. The van der Waals surface area contributed by atoms with E-state index in [4.69, 9.17) is 21.1 Å². The van der Waals surface area contributed by atoms with Crippen molar-refractivity contribution >= 4 is 27.5 Å². The molecule has 2 aromatic carbocycles. The van der Waals surface area contributed by atoms with Crippen LogP contribution in [-0.4, -0.2) is 69.8 Å². The van der Waals surface area contributed by atoms with Gasteiger partial charge in [0, 0.05) is 42.8 Å². The van der Waals surface area contributed by atoms with Crippen molar-refractivity contribution in [1.82, 2.24) is 14.5 Å². The average molecular weight is 524 g/mol. The fraction of sp³-hybridized carbons (Fsp3) is 0.480. The zero-order chi connectivity index (χ0) is 25.6. The third kappa shape index (κ3) is 6.88. The number of carbonyl (C=O) groups is 1. The molecule has 1 atom stereocenters. The number of nitrogens with one attached hydrogen (secondary N) is 1. The van der Waals surface area contributed by atoms with Crippen LogP contribution < -0.4 is 14.2 Å². The van der Waals surface area contributed by atoms with Gasteiger partial charge in [0.05, 0.1) is 25.5 Å². The lowest BCUT2D eigenvalue weighted by Crippen LogP contribution is -2.64. The molecule has 1 fully saturated rings. The number of sulfonamides is 1. The van der Waals surface area contributed by atoms with Crippen LogP contribution in [-0.2, 0) is 27.9 Å². The molecule has 10 heteroatoms. The number of nitrogens with zero attached hydrogens (tertiary/aromatic N) is 2. The van der Waals surface area contributed by atoms with Gasteiger partial charge in [-0.15, -0.1) is 0 Å². The highest BCUT2D eigenvalue weighted by molar-refractivity contribution is 7.89. The molecule has 35 heavy (non-hydrogen) atoms. The largest absolute Gasteiger partial charge is 0.497 e. The fourth-order valence-electron chi connectivity index (χ4n) is 4.05. The molecular formula is C25H34ClN3O5S. The topological polar surface area (TPSA) is 88.2 Å². The Morgan fingerprint density at radius 3 is 2.46 bits per heavy atom. The second-order valence-corrected chi connectivity index (χ2v) is 11.3. The highest BCUT2D eigenvalue weighted by Crippen LogP contribution is 2.31. The van der Waals surface area contributed by atoms with Crippen molar-refractivity contribution in [2.24, 2.45) is 0 Å². The summed E-state index contributed by atoms with van der Waals surface area (Å²) in [5, 5.41) is 0.628. The Hall–Kier alpha value is -2.33. The minimum Gasteiger partial charge on any atom is -0.497 e. The van der Waals surface area contributed by atoms with E-state index in [0.29, 0.717) is 41.6 Å². The summed E-state index contributed by atoms with van der Waals surface area (Å²) in [5.74, 6) is 1.09. The number of carbonyl (C=O) groups excluding carboxylic acids is 1. The summed E-state index contributed by atoms with van der Waals surface area (Å²) in [5.41, 5.74) is 1.09. The van der Waals surface area contributed by atoms with Gasteiger partial charge in [-0.05, 0) is 50.6 Å². The number of hydrogen-bond donors (Lipinski definition) is 1. The predicted molar refractivity (Wildman–Crippen MR) is 137 cm³/mol. The molecule has 1 amide bonds. The lowest BCUT2D eigenvalue weighted by molar-refractivity contribution is -0.151. The van der Waals surface area contributed by atoms with Crippen molar-refractivity contribution in [3.63, 3.8) is 0 Å². The molecule has 0 saturated carbocycles. The maximum absolute atomic E-state index is 13.4. The van der Waals surface area contributed by atoms with Crippen molar-refractivity contribution in [3.05, 3.63) is 58.6 Å². The van der Waals surface area contributed by atoms with E-state index in [-0.39, 0.29) is 18.2 Å². The summed E-state index contributed by atoms with van der Waals surface area (Å²) < 4.78 is 38.5. The summed E-state index contributed by atoms with van der Waals surface area (Å²) in [4.78, 5) is 17.2. The molecule has 1 N–H and O–H groups in total. The highest BCUT2D eigenvalue weighted by atomic mass is 35.5. The highest BCUT2D eigenvalue weighted by Gasteiger charge is 2.46. The first-order valence-electron chi connectivity index (χ1n) is 11.5. The van der Waals surface area contributed by atoms with Crippen molar-refractivity contribution < 1.29 is 22.7 Å². The Morgan fingerprint density at radius 1 is 1.17 bits per heavy atom. The van der Waals surface area contributed by atoms with Gasteiger partial charge in [-0.3, -0.25) is 9.69 Å². The summed E-state index contributed by atoms with van der Waals surface area (Å²) >= 11 is 6.00. The van der Waals surface area contributed by atoms with Gasteiger partial charge in [0.15, 0.2) is 0 Å². The van der Waals surface area contributed by atoms with Gasteiger partial charge in [0.25, 0.3) is 0 Å². The maximum atomic E-state index is 13.4. The molecule has 192 valence electrons. The Morgan fingerprint density at radius 2 is 1.89 bits per heavy atom. The van der Waals surface area contributed by atoms with Crippen LogP contribution in [0.15, 0.2) is 42.5 Å². The number of methoxy groups -OCH3 is 2. The molecule has 1 heterocycles. The first-order valence-corrected chi connectivity index (χ1v) is 13.5. The van der Waals surface area contributed by atoms with E-state index >= 15 is 0 Å². The van der Waals surface area contributed by atoms with Crippen LogP contribution in [0.4, 0.5) is 0 Å². The predicted octanol–water partition coefficient (Wildman–Crippen LogP) is 3.29. The SMILES string of the molecule is COc1ccc(CNS(=O)(=O)CCCN(Cc2ccc(Cl)cc2)C(=O)C2(C)CCN2C)c(OC)c1. The number of hydrogen-bond acceptors (Lipinski definition) is 6. The summed E-state index contributed by atoms with van der Waals surface area (Å²) in [6, 6.07) is 12.6. The maximum Gasteiger partial charge on any atom is 0.243 e. The van der Waals surface area contributed by atoms with E-state index in [1.807, 2.05) is 31.0 Å². The van der Waals surface area contributed by atoms with Gasteiger partial charge >= 0.3 is 0 Å². The standard InChI is InChI=1S/C25H34ClN3O5S/c1-25(12-14-28(25)2)24(30)29(18-19-6-9-21(26)10-7-19)13-5-15-35(31,32)27-17-20-8-11-22(33-3)16-23(20)34-4/h6-11,16,27H,5,12-15,17-18H2,1-4H3. The third-order valence-corrected chi connectivity index (χ3v) is 8.29. The van der Waals surface area contributed by atoms with Crippen LogP contribution in [0.25, 0.3) is 0 Å². The van der Waals surface area contributed by atoms with Crippen LogP contribution in [0.2, 0.25) is 5.02 Å². The molecule has 1 aliphatic rings. The van der Waals surface area contributed by atoms with Crippen LogP contribution >= 0.6 is 11.6 Å². The molecule has 1 saturated heterocycles. The van der Waals surface area contributed by atoms with Crippen LogP contribution in [0.5, 0.6) is 11.5 Å². The Bertz CT molecular complexity index is 1130. The third-order valence-electron chi connectivity index (χ3n) is 6.63. The first kappa shape index (κ1) is 27.3. The molecule has 0 aliphatic carbocycles. The normalized spacial score (nSPS) is 18.1. The molecule has 0 spiro atoms. The summed E-state index contributed by atoms with van der Waals surface area (Å²) in [6.07, 6.45) is 1.09. The second kappa shape index (κ2) is 11.6. The number of likely N-dealkylation sites (tertiary alicyclic amines) is 1. The second-order valence-electron chi connectivity index (χ2n) is 8.97. The molecule has 3 rings (SSSR count). The monoisotopic (exact) mass is 523 g/mol. The molecule has 0 aromatic heterocycles. The van der Waals surface area contributed by atoms with Crippen LogP contribution in [0.1, 0.15) is 30.9 Å². The first-order chi connectivity index (χ1) is 16.6. The minimum atomic E-state index is -3.56. The van der Waals surface area contributed by atoms with Gasteiger partial charge < -0.3 is 14.4 Å². The van der Waals surface area contributed by atoms with Crippen molar-refractivity contribution in [3.8, 4) is 11.5 Å². The van der Waals surface area contributed by atoms with Crippen molar-refractivity contribution in [2.45, 2.75) is 38.4 Å². The zero-order valence-electron chi connectivity index (χ0n) is 20.7. The Balaban J connectivity index is 1.62. The molecule has 1 unspecified atom stereocenters. The van der Waals surface area contributed by atoms with E-state index in [1.165, 1.54) is 7.11 Å². The quantitative estimate of drug-likeness (QED) is 0.459. The molecule has 0 bridgehead atoms. The lowest BCUT2D eigenvalue weighted by atomic mass is 9.85. The number of benzene rings is 2. The van der Waals surface area contributed by atoms with Crippen LogP contribution in [0, 0.1) is 0 Å². The van der Waals surface area contributed by atoms with Gasteiger partial charge in [0.1, 0.15) is 11.5 Å². The van der Waals surface area contributed by atoms with Gasteiger partial charge in [0.2, 0.25) is 15.9 Å². The van der Waals surface area contributed by atoms with E-state index in [0.717, 1.165) is 18.5 Å². The van der Waals surface area contributed by atoms with E-state index < -0.39 is 15.6 Å². The Labute approximate surface area is 213 Å². The van der Waals surface area contributed by atoms with Crippen molar-refractivity contribution in [1.29, 1.82) is 0 Å². The number of likely N-dealkylation sites (N-methyl/N-ethyl adjacent to an activating group) is 1. The lowest BCUT2D eigenvalue weighted by Gasteiger charge is -2.49. The molecule has 0 radical (unpaired) electrons. The molecular weight excluding hydrogens is 490 g/mol. The Kier molecular flexibility index (Phi) is 9.04. The van der Waals surface area contributed by atoms with Gasteiger partial charge in [-0.1, -0.05) is 29.8 Å². The summed E-state index contributed by atoms with van der Waals surface area (Å²) in [6.45, 7) is 3.64. The fourth-order valence-corrected chi connectivity index (χ4v) is 5.20. The number of halogens is 1. The molecule has 8 nitrogen and oxygen atoms in total. The van der Waals surface area contributed by atoms with Gasteiger partial charge in [-0.2, -0.15) is 0 Å². The van der Waals surface area contributed by atoms with E-state index in [2.05, 4.69) is 4.72 Å². The average Bonchev–Trinajstić information content (AvgIpc) is 2.86. The van der Waals surface area contributed by atoms with Crippen LogP contribution in [0.3, 0.4) is 0 Å². The van der Waals surface area contributed by atoms with E-state index in [1.54, 1.807) is 42.3 Å². The number of amides is 1. The number of ether oxygens (including phenoxy) is 2.